The Morgan fingerprint density at radius 2 is 1.63 bits per heavy atom. The lowest BCUT2D eigenvalue weighted by molar-refractivity contribution is -0.141. The third-order valence-corrected chi connectivity index (χ3v) is 8.91. The Hall–Kier alpha value is -3.69. The zero-order chi connectivity index (χ0) is 28.8. The summed E-state index contributed by atoms with van der Waals surface area (Å²) in [7, 11) is 0. The van der Waals surface area contributed by atoms with Crippen LogP contribution in [0.4, 0.5) is 0 Å². The number of H-pyrrole nitrogens is 1. The zero-order valence-electron chi connectivity index (χ0n) is 23.5. The summed E-state index contributed by atoms with van der Waals surface area (Å²) in [5.74, 6) is -2.75. The molecule has 3 fully saturated rings. The number of piperidine rings is 1. The van der Waals surface area contributed by atoms with Crippen LogP contribution in [0.5, 0.6) is 0 Å². The normalized spacial score (nSPS) is 21.3. The second-order valence-electron chi connectivity index (χ2n) is 11.9. The molecule has 1 saturated heterocycles. The van der Waals surface area contributed by atoms with Gasteiger partial charge in [0.25, 0.3) is 11.8 Å². The van der Waals surface area contributed by atoms with E-state index in [-0.39, 0.29) is 18.4 Å². The molecule has 0 unspecified atom stereocenters. The van der Waals surface area contributed by atoms with E-state index in [0.717, 1.165) is 68.7 Å². The fraction of sp³-hybridized carbons (Fsp3) is 0.581. The number of fused-ring (bicyclic) bond motifs is 1. The van der Waals surface area contributed by atoms with Gasteiger partial charge in [0.1, 0.15) is 11.7 Å². The fourth-order valence-corrected chi connectivity index (χ4v) is 6.24. The van der Waals surface area contributed by atoms with Crippen LogP contribution >= 0.6 is 0 Å². The second-order valence-corrected chi connectivity index (χ2v) is 11.9. The van der Waals surface area contributed by atoms with Crippen molar-refractivity contribution in [3.63, 3.8) is 0 Å². The first-order valence-electron chi connectivity index (χ1n) is 15.2. The summed E-state index contributed by atoms with van der Waals surface area (Å²) in [5.41, 5.74) is 1.16. The number of hydrogen-bond acceptors (Lipinski definition) is 5. The maximum atomic E-state index is 13.7. The smallest absolute Gasteiger partial charge is 0.289 e. The van der Waals surface area contributed by atoms with E-state index in [0.29, 0.717) is 31.0 Å². The lowest BCUT2D eigenvalue weighted by atomic mass is 9.80. The number of nitrogens with one attached hydrogen (secondary N) is 5. The van der Waals surface area contributed by atoms with Crippen molar-refractivity contribution in [3.8, 4) is 0 Å². The largest absolute Gasteiger partial charge is 0.356 e. The van der Waals surface area contributed by atoms with Crippen molar-refractivity contribution in [2.45, 2.75) is 95.2 Å². The Balaban J connectivity index is 1.31. The van der Waals surface area contributed by atoms with Crippen LogP contribution in [0, 0.1) is 11.8 Å². The monoisotopic (exact) mass is 563 g/mol. The molecular weight excluding hydrogens is 522 g/mol. The average Bonchev–Trinajstić information content (AvgIpc) is 3.39. The minimum Gasteiger partial charge on any atom is -0.356 e. The van der Waals surface area contributed by atoms with Gasteiger partial charge in [-0.05, 0) is 56.6 Å². The summed E-state index contributed by atoms with van der Waals surface area (Å²) < 4.78 is 0. The standard InChI is InChI=1S/C31H41N5O5/c37-27(31(41)33-22-12-2-1-3-13-22)24(18-21-11-7-15-32-28(21)38)35-29(39)25(16-19-8-6-9-19)36-30(40)26-17-20-10-4-5-14-23(20)34-26/h4-5,10,14,17,19,21-22,24-25,34H,1-3,6-9,11-13,15-16,18H2,(H,32,38)(H,33,41)(H,35,39)(H,36,40)/t21-,24-,25-/m0/s1. The Bertz CT molecular complexity index is 1250. The van der Waals surface area contributed by atoms with Gasteiger partial charge in [-0.2, -0.15) is 0 Å². The van der Waals surface area contributed by atoms with E-state index in [2.05, 4.69) is 26.3 Å². The SMILES string of the molecule is O=C(NC1CCCCC1)C(=O)[C@H](C[C@@H]1CCCNC1=O)NC(=O)[C@H](CC1CCC1)NC(=O)c1cc2ccccc2[nH]1. The molecule has 220 valence electrons. The molecule has 3 atom stereocenters. The van der Waals surface area contributed by atoms with Crippen LogP contribution in [-0.2, 0) is 19.2 Å². The van der Waals surface area contributed by atoms with Gasteiger partial charge in [-0.25, -0.2) is 0 Å². The average molecular weight is 564 g/mol. The van der Waals surface area contributed by atoms with Crippen LogP contribution < -0.4 is 21.3 Å². The van der Waals surface area contributed by atoms with Crippen molar-refractivity contribution < 1.29 is 24.0 Å². The lowest BCUT2D eigenvalue weighted by Gasteiger charge is -2.31. The minimum absolute atomic E-state index is 0.0423. The summed E-state index contributed by atoms with van der Waals surface area (Å²) in [6, 6.07) is 7.19. The van der Waals surface area contributed by atoms with Crippen LogP contribution in [0.2, 0.25) is 0 Å². The van der Waals surface area contributed by atoms with Gasteiger partial charge in [0.05, 0.1) is 6.04 Å². The Kier molecular flexibility index (Phi) is 9.36. The fourth-order valence-electron chi connectivity index (χ4n) is 6.24. The molecule has 2 saturated carbocycles. The molecule has 10 nitrogen and oxygen atoms in total. The summed E-state index contributed by atoms with van der Waals surface area (Å²) in [6.07, 6.45) is 9.62. The molecule has 4 amide bonds. The number of hydrogen-bond donors (Lipinski definition) is 5. The van der Waals surface area contributed by atoms with Gasteiger partial charge in [-0.1, -0.05) is 56.7 Å². The maximum absolute atomic E-state index is 13.7. The molecule has 3 aliphatic rings. The van der Waals surface area contributed by atoms with Crippen molar-refractivity contribution in [3.05, 3.63) is 36.0 Å². The highest BCUT2D eigenvalue weighted by Gasteiger charge is 2.36. The molecule has 0 bridgehead atoms. The molecule has 1 aromatic carbocycles. The number of aromatic nitrogens is 1. The topological polar surface area (TPSA) is 149 Å². The maximum Gasteiger partial charge on any atom is 0.289 e. The first-order chi connectivity index (χ1) is 19.9. The Labute approximate surface area is 240 Å². The van der Waals surface area contributed by atoms with Crippen LogP contribution in [0.3, 0.4) is 0 Å². The third kappa shape index (κ3) is 7.34. The van der Waals surface area contributed by atoms with Crippen molar-refractivity contribution in [1.29, 1.82) is 0 Å². The van der Waals surface area contributed by atoms with E-state index < -0.39 is 41.5 Å². The molecule has 2 heterocycles. The van der Waals surface area contributed by atoms with Crippen LogP contribution in [-0.4, -0.2) is 59.1 Å². The van der Waals surface area contributed by atoms with E-state index in [1.165, 1.54) is 0 Å². The van der Waals surface area contributed by atoms with E-state index in [1.807, 2.05) is 24.3 Å². The van der Waals surface area contributed by atoms with Crippen molar-refractivity contribution in [1.82, 2.24) is 26.3 Å². The highest BCUT2D eigenvalue weighted by atomic mass is 16.2. The molecule has 41 heavy (non-hydrogen) atoms. The number of ketones is 1. The highest BCUT2D eigenvalue weighted by molar-refractivity contribution is 6.38. The van der Waals surface area contributed by atoms with Gasteiger partial charge in [0.2, 0.25) is 17.6 Å². The summed E-state index contributed by atoms with van der Waals surface area (Å²) in [6.45, 7) is 0.575. The number of Topliss-reactive ketones (excluding diaryl/α,β-unsaturated/α-hetero) is 1. The van der Waals surface area contributed by atoms with Crippen LogP contribution in [0.1, 0.15) is 87.5 Å². The number of benzene rings is 1. The summed E-state index contributed by atoms with van der Waals surface area (Å²) >= 11 is 0. The molecule has 5 N–H and O–H groups in total. The molecule has 1 aliphatic heterocycles. The van der Waals surface area contributed by atoms with Gasteiger partial charge < -0.3 is 26.3 Å². The van der Waals surface area contributed by atoms with Crippen LogP contribution in [0.15, 0.2) is 30.3 Å². The van der Waals surface area contributed by atoms with Crippen molar-refractivity contribution in [2.24, 2.45) is 11.8 Å². The summed E-state index contributed by atoms with van der Waals surface area (Å²) in [4.78, 5) is 69.0. The molecule has 0 radical (unpaired) electrons. The van der Waals surface area contributed by atoms with E-state index >= 15 is 0 Å². The van der Waals surface area contributed by atoms with E-state index in [1.54, 1.807) is 6.07 Å². The molecule has 2 aliphatic carbocycles. The first-order valence-corrected chi connectivity index (χ1v) is 15.2. The number of para-hydroxylation sites is 1. The molecule has 5 rings (SSSR count). The minimum atomic E-state index is -1.16. The van der Waals surface area contributed by atoms with Gasteiger partial charge in [0, 0.05) is 29.4 Å². The predicted octanol–water partition coefficient (Wildman–Crippen LogP) is 2.88. The second kappa shape index (κ2) is 13.3. The van der Waals surface area contributed by atoms with Crippen molar-refractivity contribution >= 4 is 40.3 Å². The number of carbonyl (C=O) groups is 5. The van der Waals surface area contributed by atoms with E-state index in [9.17, 15) is 24.0 Å². The molecular formula is C31H41N5O5. The van der Waals surface area contributed by atoms with Crippen molar-refractivity contribution in [2.75, 3.05) is 6.54 Å². The molecule has 0 spiro atoms. The number of carbonyl (C=O) groups excluding carboxylic acids is 5. The third-order valence-electron chi connectivity index (χ3n) is 8.91. The number of aromatic amines is 1. The highest BCUT2D eigenvalue weighted by Crippen LogP contribution is 2.31. The number of amides is 4. The van der Waals surface area contributed by atoms with Gasteiger partial charge >= 0.3 is 0 Å². The predicted molar refractivity (Wildman–Crippen MR) is 154 cm³/mol. The van der Waals surface area contributed by atoms with Crippen LogP contribution in [0.25, 0.3) is 10.9 Å². The molecule has 1 aromatic heterocycles. The lowest BCUT2D eigenvalue weighted by Crippen LogP contribution is -2.56. The van der Waals surface area contributed by atoms with E-state index in [4.69, 9.17) is 0 Å². The molecule has 10 heteroatoms. The summed E-state index contributed by atoms with van der Waals surface area (Å²) in [5, 5.41) is 12.2. The molecule has 2 aromatic rings. The van der Waals surface area contributed by atoms with Gasteiger partial charge in [-0.3, -0.25) is 24.0 Å². The number of rotatable bonds is 11. The van der Waals surface area contributed by atoms with Gasteiger partial charge in [0.15, 0.2) is 0 Å². The Morgan fingerprint density at radius 3 is 2.34 bits per heavy atom. The zero-order valence-corrected chi connectivity index (χ0v) is 23.5. The first kappa shape index (κ1) is 28.8. The van der Waals surface area contributed by atoms with Gasteiger partial charge in [-0.15, -0.1) is 0 Å². The Morgan fingerprint density at radius 1 is 0.854 bits per heavy atom. The quantitative estimate of drug-likeness (QED) is 0.267.